The maximum absolute atomic E-state index is 12.2. The minimum Gasteiger partial charge on any atom is -0.508 e. The van der Waals surface area contributed by atoms with Gasteiger partial charge in [-0.1, -0.05) is 23.8 Å². The number of halogens is 1. The average molecular weight is 375 g/mol. The van der Waals surface area contributed by atoms with Gasteiger partial charge in [0.2, 0.25) is 0 Å². The number of pyridine rings is 1. The highest BCUT2D eigenvalue weighted by Crippen LogP contribution is 2.23. The number of nitrogens with zero attached hydrogens (tertiary/aromatic N) is 1. The van der Waals surface area contributed by atoms with Crippen molar-refractivity contribution in [3.05, 3.63) is 63.8 Å². The molecule has 0 saturated heterocycles. The molecule has 0 spiro atoms. The van der Waals surface area contributed by atoms with E-state index < -0.39 is 0 Å². The van der Waals surface area contributed by atoms with Crippen LogP contribution in [0.1, 0.15) is 5.56 Å². The minimum atomic E-state index is -0.375. The number of phenols is 1. The number of benzene rings is 2. The van der Waals surface area contributed by atoms with E-state index in [9.17, 15) is 9.90 Å². The van der Waals surface area contributed by atoms with Gasteiger partial charge in [0, 0.05) is 16.5 Å². The van der Waals surface area contributed by atoms with Crippen molar-refractivity contribution in [1.29, 1.82) is 0 Å². The van der Waals surface area contributed by atoms with Crippen LogP contribution in [0.15, 0.2) is 48.5 Å². The zero-order valence-electron chi connectivity index (χ0n) is 13.3. The van der Waals surface area contributed by atoms with Crippen LogP contribution in [0.3, 0.4) is 0 Å². The van der Waals surface area contributed by atoms with Crippen LogP contribution in [0.5, 0.6) is 11.5 Å². The standard InChI is InChI=1S/C18H15ClN2O3S/c1-11-8-18(25)21(16-9-13(22)4-7-15(11)16)20-17(23)10-24-14-5-2-12(19)3-6-14/h2-9,22H,10H2,1H3,(H,20,23). The van der Waals surface area contributed by atoms with Crippen LogP contribution in [0.4, 0.5) is 0 Å². The number of aromatic hydroxyl groups is 1. The summed E-state index contributed by atoms with van der Waals surface area (Å²) in [4.78, 5) is 12.2. The van der Waals surface area contributed by atoms with E-state index in [1.54, 1.807) is 48.5 Å². The number of phenolic OH excluding ortho intramolecular Hbond substituents is 1. The van der Waals surface area contributed by atoms with Crippen molar-refractivity contribution in [2.45, 2.75) is 6.92 Å². The van der Waals surface area contributed by atoms with E-state index in [2.05, 4.69) is 5.43 Å². The van der Waals surface area contributed by atoms with Crippen molar-refractivity contribution in [3.63, 3.8) is 0 Å². The van der Waals surface area contributed by atoms with Crippen LogP contribution in [0.25, 0.3) is 10.9 Å². The number of carbonyl (C=O) groups is 1. The third-order valence-corrected chi connectivity index (χ3v) is 4.18. The highest BCUT2D eigenvalue weighted by Gasteiger charge is 2.09. The number of nitrogens with one attached hydrogen (secondary N) is 1. The first-order valence-corrected chi connectivity index (χ1v) is 8.26. The van der Waals surface area contributed by atoms with Crippen molar-refractivity contribution in [2.24, 2.45) is 0 Å². The minimum absolute atomic E-state index is 0.0907. The Balaban J connectivity index is 1.82. The van der Waals surface area contributed by atoms with Crippen molar-refractivity contribution >= 4 is 40.6 Å². The number of ether oxygens (including phenoxy) is 1. The lowest BCUT2D eigenvalue weighted by Crippen LogP contribution is -2.29. The predicted molar refractivity (Wildman–Crippen MR) is 100 cm³/mol. The molecule has 0 bridgehead atoms. The lowest BCUT2D eigenvalue weighted by atomic mass is 10.1. The Hall–Kier alpha value is -2.57. The molecule has 128 valence electrons. The molecule has 2 aromatic carbocycles. The first-order chi connectivity index (χ1) is 11.9. The fourth-order valence-corrected chi connectivity index (χ4v) is 2.88. The van der Waals surface area contributed by atoms with E-state index in [-0.39, 0.29) is 18.3 Å². The summed E-state index contributed by atoms with van der Waals surface area (Å²) in [6, 6.07) is 13.4. The van der Waals surface area contributed by atoms with Crippen LogP contribution in [-0.2, 0) is 4.79 Å². The monoisotopic (exact) mass is 374 g/mol. The van der Waals surface area contributed by atoms with E-state index in [1.165, 1.54) is 4.68 Å². The molecular weight excluding hydrogens is 360 g/mol. The Kier molecular flexibility index (Phi) is 4.92. The van der Waals surface area contributed by atoms with Crippen molar-refractivity contribution in [2.75, 3.05) is 12.0 Å². The molecule has 25 heavy (non-hydrogen) atoms. The second kappa shape index (κ2) is 7.13. The van der Waals surface area contributed by atoms with Crippen LogP contribution in [0.2, 0.25) is 5.02 Å². The molecule has 0 fully saturated rings. The maximum Gasteiger partial charge on any atom is 0.276 e. The zero-order valence-corrected chi connectivity index (χ0v) is 14.9. The number of carbonyl (C=O) groups excluding carboxylic acids is 1. The van der Waals surface area contributed by atoms with Crippen LogP contribution < -0.4 is 10.2 Å². The SMILES string of the molecule is Cc1cc(=S)n(NC(=O)COc2ccc(Cl)cc2)c2cc(O)ccc12. The van der Waals surface area contributed by atoms with Gasteiger partial charge in [0.05, 0.1) is 5.52 Å². The third kappa shape index (κ3) is 3.92. The molecule has 0 aliphatic rings. The molecule has 1 heterocycles. The average Bonchev–Trinajstić information content (AvgIpc) is 2.58. The van der Waals surface area contributed by atoms with E-state index in [0.717, 1.165) is 10.9 Å². The second-order valence-corrected chi connectivity index (χ2v) is 6.33. The predicted octanol–water partition coefficient (Wildman–Crippen LogP) is 4.19. The summed E-state index contributed by atoms with van der Waals surface area (Å²) in [6.45, 7) is 1.74. The number of hydrogen-bond donors (Lipinski definition) is 2. The van der Waals surface area contributed by atoms with Crippen LogP contribution in [0, 0.1) is 11.6 Å². The van der Waals surface area contributed by atoms with Gasteiger partial charge in [-0.25, -0.2) is 4.68 Å². The van der Waals surface area contributed by atoms with Crippen molar-refractivity contribution < 1.29 is 14.6 Å². The Morgan fingerprint density at radius 2 is 1.96 bits per heavy atom. The summed E-state index contributed by atoms with van der Waals surface area (Å²) >= 11 is 11.1. The fourth-order valence-electron chi connectivity index (χ4n) is 2.44. The smallest absolute Gasteiger partial charge is 0.276 e. The van der Waals surface area contributed by atoms with E-state index in [0.29, 0.717) is 20.9 Å². The van der Waals surface area contributed by atoms with Gasteiger partial charge in [-0.3, -0.25) is 10.2 Å². The van der Waals surface area contributed by atoms with Crippen LogP contribution >= 0.6 is 23.8 Å². The molecule has 0 aliphatic heterocycles. The van der Waals surface area contributed by atoms with Gasteiger partial charge >= 0.3 is 0 Å². The molecule has 0 atom stereocenters. The Morgan fingerprint density at radius 1 is 1.24 bits per heavy atom. The van der Waals surface area contributed by atoms with E-state index in [4.69, 9.17) is 28.6 Å². The number of aromatic nitrogens is 1. The van der Waals surface area contributed by atoms with Gasteiger partial charge in [0.15, 0.2) is 6.61 Å². The molecule has 0 aliphatic carbocycles. The molecule has 1 aromatic heterocycles. The number of amides is 1. The first-order valence-electron chi connectivity index (χ1n) is 7.47. The molecule has 0 saturated carbocycles. The molecule has 3 aromatic rings. The topological polar surface area (TPSA) is 63.5 Å². The molecule has 5 nitrogen and oxygen atoms in total. The summed E-state index contributed by atoms with van der Waals surface area (Å²) in [5.41, 5.74) is 4.28. The quantitative estimate of drug-likeness (QED) is 0.672. The van der Waals surface area contributed by atoms with Gasteiger partial charge in [-0.05, 0) is 55.0 Å². The summed E-state index contributed by atoms with van der Waals surface area (Å²) in [7, 11) is 0. The van der Waals surface area contributed by atoms with Crippen molar-refractivity contribution in [3.8, 4) is 11.5 Å². The van der Waals surface area contributed by atoms with Crippen LogP contribution in [-0.4, -0.2) is 22.3 Å². The Morgan fingerprint density at radius 3 is 2.68 bits per heavy atom. The summed E-state index contributed by atoms with van der Waals surface area (Å²) in [5, 5.41) is 11.2. The van der Waals surface area contributed by atoms with E-state index in [1.807, 2.05) is 6.92 Å². The van der Waals surface area contributed by atoms with Gasteiger partial charge < -0.3 is 9.84 Å². The highest BCUT2D eigenvalue weighted by atomic mass is 35.5. The van der Waals surface area contributed by atoms with Gasteiger partial charge in [0.1, 0.15) is 16.1 Å². The molecule has 0 radical (unpaired) electrons. The Labute approximate surface area is 154 Å². The number of hydrogen-bond acceptors (Lipinski definition) is 4. The highest BCUT2D eigenvalue weighted by molar-refractivity contribution is 7.71. The van der Waals surface area contributed by atoms with Gasteiger partial charge in [-0.15, -0.1) is 0 Å². The van der Waals surface area contributed by atoms with Gasteiger partial charge in [0.25, 0.3) is 5.91 Å². The largest absolute Gasteiger partial charge is 0.508 e. The molecule has 3 rings (SSSR count). The normalized spacial score (nSPS) is 10.6. The lowest BCUT2D eigenvalue weighted by molar-refractivity contribution is -0.119. The lowest BCUT2D eigenvalue weighted by Gasteiger charge is -2.15. The first kappa shape index (κ1) is 17.3. The molecule has 2 N–H and O–H groups in total. The fraction of sp³-hybridized carbons (Fsp3) is 0.111. The number of rotatable bonds is 4. The molecule has 1 amide bonds. The van der Waals surface area contributed by atoms with E-state index >= 15 is 0 Å². The molecular formula is C18H15ClN2O3S. The van der Waals surface area contributed by atoms with Crippen molar-refractivity contribution in [1.82, 2.24) is 4.68 Å². The number of fused-ring (bicyclic) bond motifs is 1. The molecule has 7 heteroatoms. The third-order valence-electron chi connectivity index (χ3n) is 3.63. The summed E-state index contributed by atoms with van der Waals surface area (Å²) < 4.78 is 7.32. The zero-order chi connectivity index (χ0) is 18.0. The summed E-state index contributed by atoms with van der Waals surface area (Å²) in [6.07, 6.45) is 0. The second-order valence-electron chi connectivity index (χ2n) is 5.48. The number of aryl methyl sites for hydroxylation is 1. The molecule has 0 unspecified atom stereocenters. The summed E-state index contributed by atoms with van der Waals surface area (Å²) in [5.74, 6) is 0.252. The maximum atomic E-state index is 12.2. The van der Waals surface area contributed by atoms with Gasteiger partial charge in [-0.2, -0.15) is 0 Å². The Bertz CT molecular complexity index is 1000.